The maximum Gasteiger partial charge on any atom is 0.0111 e. The van der Waals surface area contributed by atoms with Crippen LogP contribution in [0.5, 0.6) is 0 Å². The Morgan fingerprint density at radius 1 is 1.29 bits per heavy atom. The summed E-state index contributed by atoms with van der Waals surface area (Å²) in [5, 5.41) is 0. The predicted molar refractivity (Wildman–Crippen MR) is 60.1 cm³/mol. The minimum Gasteiger partial charge on any atom is -0.327 e. The molecule has 2 aliphatic heterocycles. The molecule has 1 aliphatic carbocycles. The molecule has 2 heteroatoms. The van der Waals surface area contributed by atoms with Gasteiger partial charge in [-0.05, 0) is 30.6 Å². The maximum absolute atomic E-state index is 6.12. The van der Waals surface area contributed by atoms with Crippen LogP contribution >= 0.6 is 0 Å². The van der Waals surface area contributed by atoms with Crippen molar-refractivity contribution in [1.82, 2.24) is 4.90 Å². The van der Waals surface area contributed by atoms with Gasteiger partial charge in [0.15, 0.2) is 0 Å². The van der Waals surface area contributed by atoms with Gasteiger partial charge in [-0.1, -0.05) is 20.8 Å². The molecule has 2 N–H and O–H groups in total. The summed E-state index contributed by atoms with van der Waals surface area (Å²) in [6.45, 7) is 9.48. The molecular formula is C12H24N2. The van der Waals surface area contributed by atoms with E-state index in [-0.39, 0.29) is 0 Å². The van der Waals surface area contributed by atoms with E-state index in [1.807, 2.05) is 0 Å². The first-order chi connectivity index (χ1) is 6.46. The second-order valence-corrected chi connectivity index (χ2v) is 6.38. The standard InChI is InChI=1S/C12H24N2/c1-12(2,3)8-14-7-9-4-5-10(14)6-11(9)13/h9-11H,4-8,13H2,1-3H3. The van der Waals surface area contributed by atoms with Crippen LogP contribution in [0.25, 0.3) is 0 Å². The van der Waals surface area contributed by atoms with Gasteiger partial charge in [-0.3, -0.25) is 4.90 Å². The normalized spacial score (nSPS) is 39.0. The summed E-state index contributed by atoms with van der Waals surface area (Å²) in [5.74, 6) is 0.780. The maximum atomic E-state index is 6.12. The molecule has 0 radical (unpaired) electrons. The predicted octanol–water partition coefficient (Wildman–Crippen LogP) is 1.84. The summed E-state index contributed by atoms with van der Waals surface area (Å²) in [5.41, 5.74) is 6.55. The van der Waals surface area contributed by atoms with Gasteiger partial charge in [-0.25, -0.2) is 0 Å². The van der Waals surface area contributed by atoms with E-state index >= 15 is 0 Å². The molecule has 2 bridgehead atoms. The number of fused-ring (bicyclic) bond motifs is 3. The molecule has 0 aromatic carbocycles. The average molecular weight is 196 g/mol. The first-order valence-corrected chi connectivity index (χ1v) is 5.95. The van der Waals surface area contributed by atoms with E-state index < -0.39 is 0 Å². The number of hydrogen-bond acceptors (Lipinski definition) is 2. The quantitative estimate of drug-likeness (QED) is 0.693. The van der Waals surface area contributed by atoms with Crippen LogP contribution in [0.1, 0.15) is 40.0 Å². The van der Waals surface area contributed by atoms with Crippen molar-refractivity contribution < 1.29 is 0 Å². The number of hydrogen-bond donors (Lipinski definition) is 1. The summed E-state index contributed by atoms with van der Waals surface area (Å²) in [6, 6.07) is 1.28. The van der Waals surface area contributed by atoms with Crippen LogP contribution in [0.2, 0.25) is 0 Å². The van der Waals surface area contributed by atoms with E-state index in [2.05, 4.69) is 25.7 Å². The Balaban J connectivity index is 1.97. The molecule has 82 valence electrons. The summed E-state index contributed by atoms with van der Waals surface area (Å²) in [7, 11) is 0. The molecule has 0 aromatic rings. The van der Waals surface area contributed by atoms with Crippen molar-refractivity contribution in [3.63, 3.8) is 0 Å². The van der Waals surface area contributed by atoms with Gasteiger partial charge >= 0.3 is 0 Å². The Morgan fingerprint density at radius 3 is 2.43 bits per heavy atom. The van der Waals surface area contributed by atoms with Gasteiger partial charge < -0.3 is 5.73 Å². The number of piperidine rings is 2. The van der Waals surface area contributed by atoms with Crippen molar-refractivity contribution in [2.24, 2.45) is 17.1 Å². The van der Waals surface area contributed by atoms with E-state index in [1.54, 1.807) is 0 Å². The summed E-state index contributed by atoms with van der Waals surface area (Å²) in [6.07, 6.45) is 3.99. The summed E-state index contributed by atoms with van der Waals surface area (Å²) in [4.78, 5) is 2.68. The van der Waals surface area contributed by atoms with Gasteiger partial charge in [0, 0.05) is 25.2 Å². The molecule has 14 heavy (non-hydrogen) atoms. The Labute approximate surface area is 87.8 Å². The monoisotopic (exact) mass is 196 g/mol. The van der Waals surface area contributed by atoms with Crippen molar-refractivity contribution in [3.8, 4) is 0 Å². The molecule has 0 spiro atoms. The first kappa shape index (κ1) is 10.4. The van der Waals surface area contributed by atoms with E-state index in [4.69, 9.17) is 5.73 Å². The lowest BCUT2D eigenvalue weighted by molar-refractivity contribution is 0.0122. The Kier molecular flexibility index (Phi) is 2.61. The van der Waals surface area contributed by atoms with Crippen molar-refractivity contribution in [2.45, 2.75) is 52.1 Å². The molecule has 3 fully saturated rings. The molecule has 3 rings (SSSR count). The second kappa shape index (κ2) is 3.49. The lowest BCUT2D eigenvalue weighted by Crippen LogP contribution is -2.58. The fourth-order valence-corrected chi connectivity index (χ4v) is 3.06. The first-order valence-electron chi connectivity index (χ1n) is 5.95. The largest absolute Gasteiger partial charge is 0.327 e. The SMILES string of the molecule is CC(C)(C)CN1CC2CCC1CC2N. The van der Waals surface area contributed by atoms with Crippen LogP contribution in [0.4, 0.5) is 0 Å². The summed E-state index contributed by atoms with van der Waals surface area (Å²) >= 11 is 0. The van der Waals surface area contributed by atoms with E-state index in [9.17, 15) is 0 Å². The molecule has 2 nitrogen and oxygen atoms in total. The lowest BCUT2D eigenvalue weighted by Gasteiger charge is -2.50. The van der Waals surface area contributed by atoms with Crippen molar-refractivity contribution >= 4 is 0 Å². The highest BCUT2D eigenvalue weighted by atomic mass is 15.2. The molecule has 0 amide bonds. The molecule has 1 saturated carbocycles. The van der Waals surface area contributed by atoms with Gasteiger partial charge in [-0.15, -0.1) is 0 Å². The zero-order valence-corrected chi connectivity index (χ0v) is 9.79. The topological polar surface area (TPSA) is 29.3 Å². The Hall–Kier alpha value is -0.0800. The van der Waals surface area contributed by atoms with Crippen molar-refractivity contribution in [1.29, 1.82) is 0 Å². The van der Waals surface area contributed by atoms with Crippen LogP contribution in [-0.4, -0.2) is 30.1 Å². The molecule has 2 saturated heterocycles. The highest BCUT2D eigenvalue weighted by Gasteiger charge is 2.39. The van der Waals surface area contributed by atoms with E-state index in [0.717, 1.165) is 12.0 Å². The van der Waals surface area contributed by atoms with E-state index in [1.165, 1.54) is 32.4 Å². The van der Waals surface area contributed by atoms with Crippen molar-refractivity contribution in [2.75, 3.05) is 13.1 Å². The average Bonchev–Trinajstić information content (AvgIpc) is 2.04. The van der Waals surface area contributed by atoms with Gasteiger partial charge in [0.1, 0.15) is 0 Å². The lowest BCUT2D eigenvalue weighted by atomic mass is 9.75. The molecule has 2 heterocycles. The second-order valence-electron chi connectivity index (χ2n) is 6.38. The third-order valence-electron chi connectivity index (χ3n) is 3.68. The van der Waals surface area contributed by atoms with Gasteiger partial charge in [-0.2, -0.15) is 0 Å². The number of nitrogens with two attached hydrogens (primary N) is 1. The molecule has 3 unspecified atom stereocenters. The van der Waals surface area contributed by atoms with Crippen LogP contribution in [-0.2, 0) is 0 Å². The van der Waals surface area contributed by atoms with Gasteiger partial charge in [0.2, 0.25) is 0 Å². The number of nitrogens with zero attached hydrogens (tertiary/aromatic N) is 1. The van der Waals surface area contributed by atoms with Gasteiger partial charge in [0.25, 0.3) is 0 Å². The Morgan fingerprint density at radius 2 is 2.00 bits per heavy atom. The highest BCUT2D eigenvalue weighted by molar-refractivity contribution is 4.95. The van der Waals surface area contributed by atoms with E-state index in [0.29, 0.717) is 11.5 Å². The zero-order chi connectivity index (χ0) is 10.3. The van der Waals surface area contributed by atoms with Crippen molar-refractivity contribution in [3.05, 3.63) is 0 Å². The third-order valence-corrected chi connectivity index (χ3v) is 3.68. The Bertz CT molecular complexity index is 207. The summed E-state index contributed by atoms with van der Waals surface area (Å²) < 4.78 is 0. The van der Waals surface area contributed by atoms with Crippen LogP contribution in [0.15, 0.2) is 0 Å². The van der Waals surface area contributed by atoms with Crippen LogP contribution in [0, 0.1) is 11.3 Å². The van der Waals surface area contributed by atoms with Crippen LogP contribution < -0.4 is 5.73 Å². The fraction of sp³-hybridized carbons (Fsp3) is 1.00. The van der Waals surface area contributed by atoms with Crippen LogP contribution in [0.3, 0.4) is 0 Å². The highest BCUT2D eigenvalue weighted by Crippen LogP contribution is 2.35. The third kappa shape index (κ3) is 2.12. The fourth-order valence-electron chi connectivity index (χ4n) is 3.06. The molecule has 3 atom stereocenters. The molecular weight excluding hydrogens is 172 g/mol. The number of rotatable bonds is 1. The molecule has 0 aromatic heterocycles. The minimum atomic E-state index is 0.432. The zero-order valence-electron chi connectivity index (χ0n) is 9.79. The minimum absolute atomic E-state index is 0.432. The molecule has 3 aliphatic rings. The van der Waals surface area contributed by atoms with Gasteiger partial charge in [0.05, 0.1) is 0 Å². The smallest absolute Gasteiger partial charge is 0.0111 e.